The molecule has 0 saturated carbocycles. The lowest BCUT2D eigenvalue weighted by molar-refractivity contribution is 0.415. The van der Waals surface area contributed by atoms with E-state index in [-0.39, 0.29) is 0 Å². The van der Waals surface area contributed by atoms with E-state index in [1.54, 1.807) is 7.11 Å². The first-order valence-corrected chi connectivity index (χ1v) is 6.15. The van der Waals surface area contributed by atoms with Gasteiger partial charge >= 0.3 is 0 Å². The largest absolute Gasteiger partial charge is 0.497 e. The van der Waals surface area contributed by atoms with Gasteiger partial charge in [-0.3, -0.25) is 5.10 Å². The van der Waals surface area contributed by atoms with Crippen molar-refractivity contribution in [1.29, 1.82) is 0 Å². The summed E-state index contributed by atoms with van der Waals surface area (Å²) in [5.74, 6) is 0.861. The predicted octanol–water partition coefficient (Wildman–Crippen LogP) is 2.50. The Labute approximate surface area is 107 Å². The number of nitrogens with one attached hydrogen (secondary N) is 2. The van der Waals surface area contributed by atoms with Gasteiger partial charge in [-0.25, -0.2) is 0 Å². The van der Waals surface area contributed by atoms with Crippen molar-refractivity contribution in [2.75, 3.05) is 13.7 Å². The molecular weight excluding hydrogens is 226 g/mol. The molecule has 0 aliphatic rings. The number of benzene rings is 1. The first-order valence-electron chi connectivity index (χ1n) is 6.15. The van der Waals surface area contributed by atoms with E-state index in [4.69, 9.17) is 4.74 Å². The molecule has 2 aromatic rings. The van der Waals surface area contributed by atoms with Gasteiger partial charge < -0.3 is 10.1 Å². The fourth-order valence-corrected chi connectivity index (χ4v) is 1.89. The van der Waals surface area contributed by atoms with Gasteiger partial charge in [0.25, 0.3) is 0 Å². The number of aromatic nitrogens is 2. The molecule has 0 aliphatic carbocycles. The summed E-state index contributed by atoms with van der Waals surface area (Å²) in [5, 5.41) is 10.8. The van der Waals surface area contributed by atoms with Crippen LogP contribution in [0.3, 0.4) is 0 Å². The van der Waals surface area contributed by atoms with Crippen LogP contribution in [0, 0.1) is 6.92 Å². The van der Waals surface area contributed by atoms with E-state index < -0.39 is 0 Å². The molecule has 0 fully saturated rings. The van der Waals surface area contributed by atoms with E-state index in [0.29, 0.717) is 0 Å². The van der Waals surface area contributed by atoms with Gasteiger partial charge in [0.2, 0.25) is 0 Å². The molecule has 2 rings (SSSR count). The number of hydrogen-bond acceptors (Lipinski definition) is 3. The molecule has 1 heterocycles. The Hall–Kier alpha value is -1.81. The Balaban J connectivity index is 2.24. The fraction of sp³-hybridized carbons (Fsp3) is 0.357. The fourth-order valence-electron chi connectivity index (χ4n) is 1.89. The third-order valence-corrected chi connectivity index (χ3v) is 3.03. The van der Waals surface area contributed by atoms with Crippen LogP contribution in [0.2, 0.25) is 0 Å². The summed E-state index contributed by atoms with van der Waals surface area (Å²) < 4.78 is 5.16. The van der Waals surface area contributed by atoms with Crippen LogP contribution in [-0.4, -0.2) is 23.9 Å². The number of nitrogens with zero attached hydrogens (tertiary/aromatic N) is 1. The van der Waals surface area contributed by atoms with Gasteiger partial charge in [-0.2, -0.15) is 5.10 Å². The molecule has 0 unspecified atom stereocenters. The zero-order chi connectivity index (χ0) is 13.0. The number of methoxy groups -OCH3 is 1. The average molecular weight is 245 g/mol. The molecule has 0 spiro atoms. The summed E-state index contributed by atoms with van der Waals surface area (Å²) in [7, 11) is 1.67. The molecule has 4 heteroatoms. The Kier molecular flexibility index (Phi) is 3.99. The third kappa shape index (κ3) is 2.54. The molecule has 0 atom stereocenters. The van der Waals surface area contributed by atoms with E-state index in [9.17, 15) is 0 Å². The first kappa shape index (κ1) is 12.6. The first-order chi connectivity index (χ1) is 8.76. The van der Waals surface area contributed by atoms with Crippen molar-refractivity contribution in [3.05, 3.63) is 35.5 Å². The second-order valence-electron chi connectivity index (χ2n) is 4.18. The van der Waals surface area contributed by atoms with E-state index in [1.165, 1.54) is 5.56 Å². The average Bonchev–Trinajstić information content (AvgIpc) is 2.78. The number of rotatable bonds is 5. The molecule has 2 N–H and O–H groups in total. The molecular formula is C14H19N3O. The van der Waals surface area contributed by atoms with Gasteiger partial charge in [0.1, 0.15) is 5.75 Å². The standard InChI is InChI=1S/C14H19N3O/c1-4-15-9-13-10(2)14(17-16-13)11-5-7-12(18-3)8-6-11/h5-8,15H,4,9H2,1-3H3,(H,16,17). The Morgan fingerprint density at radius 2 is 2.00 bits per heavy atom. The van der Waals surface area contributed by atoms with Crippen molar-refractivity contribution in [1.82, 2.24) is 15.5 Å². The van der Waals surface area contributed by atoms with Crippen molar-refractivity contribution < 1.29 is 4.74 Å². The smallest absolute Gasteiger partial charge is 0.118 e. The van der Waals surface area contributed by atoms with Gasteiger partial charge in [-0.1, -0.05) is 6.92 Å². The van der Waals surface area contributed by atoms with Gasteiger partial charge in [-0.05, 0) is 43.3 Å². The summed E-state index contributed by atoms with van der Waals surface area (Å²) in [5.41, 5.74) is 4.45. The van der Waals surface area contributed by atoms with Crippen LogP contribution in [0.15, 0.2) is 24.3 Å². The Morgan fingerprint density at radius 3 is 2.61 bits per heavy atom. The SMILES string of the molecule is CCNCc1[nH]nc(-c2ccc(OC)cc2)c1C. The minimum Gasteiger partial charge on any atom is -0.497 e. The minimum atomic E-state index is 0.825. The minimum absolute atomic E-state index is 0.825. The van der Waals surface area contributed by atoms with E-state index in [1.807, 2.05) is 24.3 Å². The topological polar surface area (TPSA) is 49.9 Å². The van der Waals surface area contributed by atoms with Crippen LogP contribution < -0.4 is 10.1 Å². The van der Waals surface area contributed by atoms with Crippen LogP contribution in [0.5, 0.6) is 5.75 Å². The summed E-state index contributed by atoms with van der Waals surface area (Å²) >= 11 is 0. The molecule has 1 aromatic carbocycles. The van der Waals surface area contributed by atoms with Crippen LogP contribution in [0.25, 0.3) is 11.3 Å². The lowest BCUT2D eigenvalue weighted by atomic mass is 10.1. The van der Waals surface area contributed by atoms with Crippen molar-refractivity contribution in [2.45, 2.75) is 20.4 Å². The summed E-state index contributed by atoms with van der Waals surface area (Å²) in [4.78, 5) is 0. The monoisotopic (exact) mass is 245 g/mol. The van der Waals surface area contributed by atoms with Crippen molar-refractivity contribution in [2.24, 2.45) is 0 Å². The highest BCUT2D eigenvalue weighted by molar-refractivity contribution is 5.64. The predicted molar refractivity (Wildman–Crippen MR) is 72.7 cm³/mol. The maximum absolute atomic E-state index is 5.16. The molecule has 0 aliphatic heterocycles. The van der Waals surface area contributed by atoms with Crippen LogP contribution in [0.4, 0.5) is 0 Å². The van der Waals surface area contributed by atoms with Crippen LogP contribution in [-0.2, 0) is 6.54 Å². The molecule has 96 valence electrons. The molecule has 4 nitrogen and oxygen atoms in total. The normalized spacial score (nSPS) is 10.6. The molecule has 0 bridgehead atoms. The van der Waals surface area contributed by atoms with E-state index >= 15 is 0 Å². The Morgan fingerprint density at radius 1 is 1.28 bits per heavy atom. The second kappa shape index (κ2) is 5.69. The van der Waals surface area contributed by atoms with Crippen LogP contribution in [0.1, 0.15) is 18.2 Å². The molecule has 0 radical (unpaired) electrons. The van der Waals surface area contributed by atoms with Gasteiger partial charge in [0.15, 0.2) is 0 Å². The van der Waals surface area contributed by atoms with Crippen molar-refractivity contribution in [3.63, 3.8) is 0 Å². The number of ether oxygens (including phenoxy) is 1. The maximum Gasteiger partial charge on any atom is 0.118 e. The highest BCUT2D eigenvalue weighted by atomic mass is 16.5. The van der Waals surface area contributed by atoms with Gasteiger partial charge in [-0.15, -0.1) is 0 Å². The highest BCUT2D eigenvalue weighted by Crippen LogP contribution is 2.25. The molecule has 1 aromatic heterocycles. The van der Waals surface area contributed by atoms with Crippen LogP contribution >= 0.6 is 0 Å². The molecule has 18 heavy (non-hydrogen) atoms. The molecule has 0 saturated heterocycles. The number of aromatic amines is 1. The van der Waals surface area contributed by atoms with E-state index in [0.717, 1.165) is 35.8 Å². The quantitative estimate of drug-likeness (QED) is 0.851. The molecule has 0 amide bonds. The summed E-state index contributed by atoms with van der Waals surface area (Å²) in [6.45, 7) is 5.97. The second-order valence-corrected chi connectivity index (χ2v) is 4.18. The highest BCUT2D eigenvalue weighted by Gasteiger charge is 2.10. The van der Waals surface area contributed by atoms with Gasteiger partial charge in [0, 0.05) is 12.1 Å². The van der Waals surface area contributed by atoms with Crippen molar-refractivity contribution >= 4 is 0 Å². The van der Waals surface area contributed by atoms with Gasteiger partial charge in [0.05, 0.1) is 18.5 Å². The lowest BCUT2D eigenvalue weighted by Gasteiger charge is -2.03. The van der Waals surface area contributed by atoms with Crippen molar-refractivity contribution in [3.8, 4) is 17.0 Å². The number of H-pyrrole nitrogens is 1. The summed E-state index contributed by atoms with van der Waals surface area (Å²) in [6.07, 6.45) is 0. The number of hydrogen-bond donors (Lipinski definition) is 2. The Bertz CT molecular complexity index is 502. The zero-order valence-electron chi connectivity index (χ0n) is 11.1. The van der Waals surface area contributed by atoms with E-state index in [2.05, 4.69) is 29.4 Å². The third-order valence-electron chi connectivity index (χ3n) is 3.03. The lowest BCUT2D eigenvalue weighted by Crippen LogP contribution is -2.12. The maximum atomic E-state index is 5.16. The summed E-state index contributed by atoms with van der Waals surface area (Å²) in [6, 6.07) is 7.96. The zero-order valence-corrected chi connectivity index (χ0v) is 11.1.